The van der Waals surface area contributed by atoms with Gasteiger partial charge in [0.15, 0.2) is 5.03 Å². The summed E-state index contributed by atoms with van der Waals surface area (Å²) < 4.78 is 34.3. The highest BCUT2D eigenvalue weighted by Gasteiger charge is 2.31. The third-order valence-electron chi connectivity index (χ3n) is 4.04. The van der Waals surface area contributed by atoms with Crippen LogP contribution in [0.4, 0.5) is 0 Å². The summed E-state index contributed by atoms with van der Waals surface area (Å²) in [6.07, 6.45) is 6.26. The van der Waals surface area contributed by atoms with Gasteiger partial charge in [-0.25, -0.2) is 13.4 Å². The van der Waals surface area contributed by atoms with Gasteiger partial charge in [-0.05, 0) is 31.9 Å². The van der Waals surface area contributed by atoms with Crippen LogP contribution in [0, 0.1) is 6.92 Å². The Morgan fingerprint density at radius 1 is 1.22 bits per heavy atom. The van der Waals surface area contributed by atoms with E-state index in [1.54, 1.807) is 49.3 Å². The number of nitrogens with zero attached hydrogens (tertiary/aromatic N) is 4. The van der Waals surface area contributed by atoms with Gasteiger partial charge >= 0.3 is 0 Å². The maximum atomic E-state index is 12.6. The Bertz CT molecular complexity index is 746. The lowest BCUT2D eigenvalue weighted by atomic mass is 10.1. The minimum atomic E-state index is -3.52. The lowest BCUT2D eigenvalue weighted by molar-refractivity contribution is 0.135. The molecule has 0 radical (unpaired) electrons. The average molecular weight is 336 g/mol. The van der Waals surface area contributed by atoms with Gasteiger partial charge in [-0.15, -0.1) is 0 Å². The second kappa shape index (κ2) is 6.29. The van der Waals surface area contributed by atoms with Crippen LogP contribution in [0.2, 0.25) is 0 Å². The molecule has 1 aliphatic heterocycles. The van der Waals surface area contributed by atoms with Crippen molar-refractivity contribution in [1.82, 2.24) is 18.8 Å². The summed E-state index contributed by atoms with van der Waals surface area (Å²) in [6.45, 7) is 2.66. The summed E-state index contributed by atoms with van der Waals surface area (Å²) in [5.74, 6) is 1.45. The summed E-state index contributed by atoms with van der Waals surface area (Å²) >= 11 is 0. The molecule has 2 aromatic heterocycles. The van der Waals surface area contributed by atoms with Crippen molar-refractivity contribution in [3.8, 4) is 5.75 Å². The summed E-state index contributed by atoms with van der Waals surface area (Å²) in [7, 11) is -1.74. The normalized spacial score (nSPS) is 17.3. The molecule has 1 saturated heterocycles. The second-order valence-electron chi connectivity index (χ2n) is 5.64. The second-order valence-corrected chi connectivity index (χ2v) is 7.53. The minimum Gasteiger partial charge on any atom is -0.490 e. The van der Waals surface area contributed by atoms with Crippen LogP contribution in [0.1, 0.15) is 18.7 Å². The van der Waals surface area contributed by atoms with Gasteiger partial charge in [0.05, 0.1) is 0 Å². The quantitative estimate of drug-likeness (QED) is 0.842. The molecule has 0 saturated carbocycles. The van der Waals surface area contributed by atoms with Crippen molar-refractivity contribution in [2.45, 2.75) is 30.9 Å². The van der Waals surface area contributed by atoms with Crippen LogP contribution in [0.25, 0.3) is 0 Å². The Kier molecular flexibility index (Phi) is 4.36. The van der Waals surface area contributed by atoms with Gasteiger partial charge in [0.25, 0.3) is 10.0 Å². The van der Waals surface area contributed by atoms with Crippen LogP contribution in [0.15, 0.2) is 35.7 Å². The molecule has 0 spiro atoms. The number of hydrogen-bond acceptors (Lipinski definition) is 5. The van der Waals surface area contributed by atoms with E-state index in [4.69, 9.17) is 4.74 Å². The summed E-state index contributed by atoms with van der Waals surface area (Å²) in [5.41, 5.74) is 0. The topological polar surface area (TPSA) is 77.3 Å². The van der Waals surface area contributed by atoms with Gasteiger partial charge in [0, 0.05) is 38.7 Å². The number of ether oxygens (including phenoxy) is 1. The first-order valence-electron chi connectivity index (χ1n) is 7.53. The smallest absolute Gasteiger partial charge is 0.262 e. The van der Waals surface area contributed by atoms with Crippen LogP contribution < -0.4 is 4.74 Å². The number of pyridine rings is 1. The largest absolute Gasteiger partial charge is 0.490 e. The van der Waals surface area contributed by atoms with Crippen molar-refractivity contribution in [2.24, 2.45) is 7.05 Å². The molecule has 8 heteroatoms. The van der Waals surface area contributed by atoms with E-state index in [9.17, 15) is 8.42 Å². The molecule has 3 heterocycles. The first-order chi connectivity index (χ1) is 11.0. The predicted octanol–water partition coefficient (Wildman–Crippen LogP) is 1.36. The Labute approximate surface area is 136 Å². The van der Waals surface area contributed by atoms with E-state index in [0.29, 0.717) is 31.8 Å². The van der Waals surface area contributed by atoms with Crippen LogP contribution in [0.5, 0.6) is 5.75 Å². The first kappa shape index (κ1) is 15.9. The molecule has 3 rings (SSSR count). The fourth-order valence-electron chi connectivity index (χ4n) is 2.58. The maximum absolute atomic E-state index is 12.6. The number of sulfonamides is 1. The SMILES string of the molecule is Cc1nc(S(=O)(=O)N2CCC(Oc3ccncc3)CC2)cn1C. The number of rotatable bonds is 4. The molecule has 7 nitrogen and oxygen atoms in total. The molecule has 2 aromatic rings. The molecule has 1 aliphatic rings. The molecule has 0 aromatic carbocycles. The standard InChI is InChI=1S/C15H20N4O3S/c1-12-17-15(11-18(12)2)23(20,21)19-9-5-14(6-10-19)22-13-3-7-16-8-4-13/h3-4,7-8,11,14H,5-6,9-10H2,1-2H3. The summed E-state index contributed by atoms with van der Waals surface area (Å²) in [6, 6.07) is 3.61. The molecule has 0 atom stereocenters. The molecule has 1 fully saturated rings. The molecular weight excluding hydrogens is 316 g/mol. The van der Waals surface area contributed by atoms with Gasteiger partial charge in [-0.1, -0.05) is 0 Å². The highest BCUT2D eigenvalue weighted by molar-refractivity contribution is 7.89. The molecule has 0 N–H and O–H groups in total. The lowest BCUT2D eigenvalue weighted by Crippen LogP contribution is -2.41. The fourth-order valence-corrected chi connectivity index (χ4v) is 4.08. The Morgan fingerprint density at radius 3 is 2.43 bits per heavy atom. The summed E-state index contributed by atoms with van der Waals surface area (Å²) in [5, 5.41) is 0.117. The number of hydrogen-bond donors (Lipinski definition) is 0. The van der Waals surface area contributed by atoms with Crippen LogP contribution in [-0.4, -0.2) is 46.5 Å². The predicted molar refractivity (Wildman–Crippen MR) is 84.6 cm³/mol. The van der Waals surface area contributed by atoms with Gasteiger partial charge in [0.2, 0.25) is 0 Å². The average Bonchev–Trinajstić information content (AvgIpc) is 2.89. The van der Waals surface area contributed by atoms with Crippen LogP contribution >= 0.6 is 0 Å². The molecule has 0 bridgehead atoms. The number of aromatic nitrogens is 3. The zero-order chi connectivity index (χ0) is 16.4. The molecule has 23 heavy (non-hydrogen) atoms. The van der Waals surface area contributed by atoms with Crippen molar-refractivity contribution in [1.29, 1.82) is 0 Å². The third-order valence-corrected chi connectivity index (χ3v) is 5.81. The van der Waals surface area contributed by atoms with E-state index >= 15 is 0 Å². The van der Waals surface area contributed by atoms with Crippen molar-refractivity contribution in [3.05, 3.63) is 36.5 Å². The highest BCUT2D eigenvalue weighted by Crippen LogP contribution is 2.23. The van der Waals surface area contributed by atoms with Gasteiger partial charge in [0.1, 0.15) is 17.7 Å². The minimum absolute atomic E-state index is 0.0225. The number of imidazole rings is 1. The first-order valence-corrected chi connectivity index (χ1v) is 8.97. The Balaban J connectivity index is 1.64. The molecule has 0 unspecified atom stereocenters. The Morgan fingerprint density at radius 2 is 1.87 bits per heavy atom. The van der Waals surface area contributed by atoms with E-state index < -0.39 is 10.0 Å². The van der Waals surface area contributed by atoms with Gasteiger partial charge < -0.3 is 9.30 Å². The van der Waals surface area contributed by atoms with Gasteiger partial charge in [-0.2, -0.15) is 4.31 Å². The van der Waals surface area contributed by atoms with Crippen molar-refractivity contribution in [2.75, 3.05) is 13.1 Å². The fraction of sp³-hybridized carbons (Fsp3) is 0.467. The zero-order valence-corrected chi connectivity index (χ0v) is 14.0. The lowest BCUT2D eigenvalue weighted by Gasteiger charge is -2.30. The van der Waals surface area contributed by atoms with Crippen LogP contribution in [0.3, 0.4) is 0 Å². The Hall–Kier alpha value is -1.93. The molecule has 0 amide bonds. The number of piperidine rings is 1. The van der Waals surface area contributed by atoms with E-state index in [1.165, 1.54) is 4.31 Å². The van der Waals surface area contributed by atoms with Crippen LogP contribution in [-0.2, 0) is 17.1 Å². The molecule has 0 aliphatic carbocycles. The maximum Gasteiger partial charge on any atom is 0.262 e. The number of aryl methyl sites for hydroxylation is 2. The van der Waals surface area contributed by atoms with E-state index in [0.717, 1.165) is 5.75 Å². The van der Waals surface area contributed by atoms with Crippen molar-refractivity contribution < 1.29 is 13.2 Å². The van der Waals surface area contributed by atoms with E-state index in [1.807, 2.05) is 0 Å². The van der Waals surface area contributed by atoms with Crippen molar-refractivity contribution in [3.63, 3.8) is 0 Å². The van der Waals surface area contributed by atoms with Crippen molar-refractivity contribution >= 4 is 10.0 Å². The van der Waals surface area contributed by atoms with E-state index in [2.05, 4.69) is 9.97 Å². The van der Waals surface area contributed by atoms with Gasteiger partial charge in [-0.3, -0.25) is 4.98 Å². The summed E-state index contributed by atoms with van der Waals surface area (Å²) in [4.78, 5) is 8.09. The highest BCUT2D eigenvalue weighted by atomic mass is 32.2. The molecule has 124 valence electrons. The third kappa shape index (κ3) is 3.37. The molecular formula is C15H20N4O3S. The monoisotopic (exact) mass is 336 g/mol. The zero-order valence-electron chi connectivity index (χ0n) is 13.2. The van der Waals surface area contributed by atoms with E-state index in [-0.39, 0.29) is 11.1 Å².